The molecule has 1 amide bonds. The molecule has 0 heterocycles. The van der Waals surface area contributed by atoms with Crippen molar-refractivity contribution >= 4 is 11.6 Å². The first-order valence-corrected chi connectivity index (χ1v) is 5.05. The lowest BCUT2D eigenvalue weighted by atomic mass is 10.1. The normalized spacial score (nSPS) is 9.88. The lowest BCUT2D eigenvalue weighted by molar-refractivity contribution is 0.0782. The van der Waals surface area contributed by atoms with Crippen LogP contribution < -0.4 is 5.73 Å². The Bertz CT molecular complexity index is 404. The van der Waals surface area contributed by atoms with Crippen LogP contribution in [0, 0.1) is 5.82 Å². The van der Waals surface area contributed by atoms with Crippen molar-refractivity contribution in [2.75, 3.05) is 18.8 Å². The summed E-state index contributed by atoms with van der Waals surface area (Å²) in [6.07, 6.45) is 1.65. The highest BCUT2D eigenvalue weighted by Crippen LogP contribution is 2.14. The molecule has 0 aliphatic heterocycles. The quantitative estimate of drug-likeness (QED) is 0.626. The molecule has 1 aromatic carbocycles. The molecule has 0 unspecified atom stereocenters. The van der Waals surface area contributed by atoms with E-state index in [2.05, 4.69) is 6.58 Å². The number of nitrogens with two attached hydrogens (primary N) is 1. The monoisotopic (exact) mass is 222 g/mol. The van der Waals surface area contributed by atoms with Crippen LogP contribution in [-0.2, 0) is 0 Å². The van der Waals surface area contributed by atoms with E-state index in [1.165, 1.54) is 18.2 Å². The van der Waals surface area contributed by atoms with Gasteiger partial charge >= 0.3 is 0 Å². The third-order valence-electron chi connectivity index (χ3n) is 2.26. The number of carbonyl (C=O) groups is 1. The number of carbonyl (C=O) groups excluding carboxylic acids is 1. The fourth-order valence-corrected chi connectivity index (χ4v) is 1.37. The highest BCUT2D eigenvalue weighted by atomic mass is 19.1. The molecule has 0 saturated heterocycles. The maximum Gasteiger partial charge on any atom is 0.254 e. The Hall–Kier alpha value is -1.84. The summed E-state index contributed by atoms with van der Waals surface area (Å²) >= 11 is 0. The molecule has 2 N–H and O–H groups in total. The molecule has 16 heavy (non-hydrogen) atoms. The summed E-state index contributed by atoms with van der Waals surface area (Å²) in [5.74, 6) is -0.683. The maximum atomic E-state index is 12.9. The van der Waals surface area contributed by atoms with Crippen molar-refractivity contribution in [3.05, 3.63) is 42.2 Å². The Morgan fingerprint density at radius 1 is 1.62 bits per heavy atom. The molecule has 0 aliphatic carbocycles. The van der Waals surface area contributed by atoms with Crippen LogP contribution in [0.2, 0.25) is 0 Å². The predicted octanol–water partition coefficient (Wildman–Crippen LogP) is 2.06. The Labute approximate surface area is 94.4 Å². The number of likely N-dealkylation sites (N-methyl/N-ethyl adjacent to an activating group) is 1. The van der Waals surface area contributed by atoms with Crippen molar-refractivity contribution in [1.29, 1.82) is 0 Å². The van der Waals surface area contributed by atoms with E-state index in [-0.39, 0.29) is 11.6 Å². The first-order valence-electron chi connectivity index (χ1n) is 5.05. The van der Waals surface area contributed by atoms with E-state index in [4.69, 9.17) is 5.73 Å². The fraction of sp³-hybridized carbons (Fsp3) is 0.250. The van der Waals surface area contributed by atoms with E-state index >= 15 is 0 Å². The molecule has 0 radical (unpaired) electrons. The summed E-state index contributed by atoms with van der Waals surface area (Å²) in [6, 6.07) is 3.98. The van der Waals surface area contributed by atoms with E-state index in [9.17, 15) is 9.18 Å². The number of anilines is 1. The van der Waals surface area contributed by atoms with Gasteiger partial charge in [0.15, 0.2) is 0 Å². The van der Waals surface area contributed by atoms with Gasteiger partial charge in [0.1, 0.15) is 5.82 Å². The summed E-state index contributed by atoms with van der Waals surface area (Å²) in [4.78, 5) is 13.5. The van der Waals surface area contributed by atoms with Crippen LogP contribution in [0.5, 0.6) is 0 Å². The predicted molar refractivity (Wildman–Crippen MR) is 62.6 cm³/mol. The van der Waals surface area contributed by atoms with Crippen molar-refractivity contribution in [1.82, 2.24) is 4.90 Å². The van der Waals surface area contributed by atoms with Gasteiger partial charge in [-0.3, -0.25) is 4.79 Å². The molecule has 0 fully saturated rings. The van der Waals surface area contributed by atoms with Gasteiger partial charge in [0.05, 0.1) is 5.69 Å². The van der Waals surface area contributed by atoms with Gasteiger partial charge in [-0.05, 0) is 25.1 Å². The summed E-state index contributed by atoms with van der Waals surface area (Å²) in [6.45, 7) is 6.48. The van der Waals surface area contributed by atoms with Crippen LogP contribution in [-0.4, -0.2) is 23.9 Å². The Morgan fingerprint density at radius 3 is 2.81 bits per heavy atom. The second kappa shape index (κ2) is 5.30. The largest absolute Gasteiger partial charge is 0.396 e. The fourth-order valence-electron chi connectivity index (χ4n) is 1.37. The number of benzene rings is 1. The molecule has 1 aromatic rings. The number of nitrogens with zero attached hydrogens (tertiary/aromatic N) is 1. The van der Waals surface area contributed by atoms with Gasteiger partial charge in [-0.2, -0.15) is 0 Å². The van der Waals surface area contributed by atoms with Crippen LogP contribution in [0.3, 0.4) is 0 Å². The van der Waals surface area contributed by atoms with Crippen molar-refractivity contribution in [3.8, 4) is 0 Å². The number of halogens is 1. The van der Waals surface area contributed by atoms with Gasteiger partial charge in [-0.25, -0.2) is 4.39 Å². The van der Waals surface area contributed by atoms with Crippen molar-refractivity contribution in [2.45, 2.75) is 6.92 Å². The average molecular weight is 222 g/mol. The van der Waals surface area contributed by atoms with Gasteiger partial charge in [0.25, 0.3) is 5.91 Å². The summed E-state index contributed by atoms with van der Waals surface area (Å²) in [5.41, 5.74) is 5.79. The molecule has 0 bridgehead atoms. The second-order valence-corrected chi connectivity index (χ2v) is 3.37. The van der Waals surface area contributed by atoms with Gasteiger partial charge in [0.2, 0.25) is 0 Å². The van der Waals surface area contributed by atoms with E-state index in [1.54, 1.807) is 11.0 Å². The number of hydrogen-bond acceptors (Lipinski definition) is 2. The highest BCUT2D eigenvalue weighted by molar-refractivity contribution is 5.95. The molecule has 0 aliphatic rings. The molecule has 4 heteroatoms. The van der Waals surface area contributed by atoms with E-state index in [1.807, 2.05) is 6.92 Å². The van der Waals surface area contributed by atoms with E-state index in [0.717, 1.165) is 0 Å². The van der Waals surface area contributed by atoms with Crippen molar-refractivity contribution in [2.24, 2.45) is 0 Å². The summed E-state index contributed by atoms with van der Waals surface area (Å²) in [7, 11) is 0. The number of amides is 1. The highest BCUT2D eigenvalue weighted by Gasteiger charge is 2.13. The third kappa shape index (κ3) is 2.59. The average Bonchev–Trinajstić information content (AvgIpc) is 2.28. The van der Waals surface area contributed by atoms with E-state index < -0.39 is 5.82 Å². The lowest BCUT2D eigenvalue weighted by Crippen LogP contribution is -2.30. The smallest absolute Gasteiger partial charge is 0.254 e. The van der Waals surface area contributed by atoms with Gasteiger partial charge in [-0.15, -0.1) is 6.58 Å². The number of rotatable bonds is 4. The molecule has 0 aromatic heterocycles. The van der Waals surface area contributed by atoms with Crippen LogP contribution in [0.1, 0.15) is 17.3 Å². The SMILES string of the molecule is C=CCN(CC)C(=O)c1ccc(F)c(N)c1. The second-order valence-electron chi connectivity index (χ2n) is 3.37. The van der Waals surface area contributed by atoms with Crippen molar-refractivity contribution < 1.29 is 9.18 Å². The Kier molecular flexibility index (Phi) is 4.05. The van der Waals surface area contributed by atoms with Crippen LogP contribution in [0.15, 0.2) is 30.9 Å². The zero-order valence-electron chi connectivity index (χ0n) is 9.24. The first kappa shape index (κ1) is 12.2. The van der Waals surface area contributed by atoms with Crippen molar-refractivity contribution in [3.63, 3.8) is 0 Å². The molecule has 0 saturated carbocycles. The molecular weight excluding hydrogens is 207 g/mol. The lowest BCUT2D eigenvalue weighted by Gasteiger charge is -2.19. The van der Waals surface area contributed by atoms with Gasteiger partial charge < -0.3 is 10.6 Å². The minimum Gasteiger partial charge on any atom is -0.396 e. The van der Waals surface area contributed by atoms with Gasteiger partial charge in [0, 0.05) is 18.7 Å². The molecule has 0 spiro atoms. The summed E-state index contributed by atoms with van der Waals surface area (Å²) < 4.78 is 12.9. The minimum absolute atomic E-state index is 0.0134. The third-order valence-corrected chi connectivity index (χ3v) is 2.26. The molecule has 3 nitrogen and oxygen atoms in total. The molecular formula is C12H15FN2O. The van der Waals surface area contributed by atoms with Crippen LogP contribution >= 0.6 is 0 Å². The summed E-state index contributed by atoms with van der Waals surface area (Å²) in [5, 5.41) is 0. The van der Waals surface area contributed by atoms with Crippen LogP contribution in [0.25, 0.3) is 0 Å². The topological polar surface area (TPSA) is 46.3 Å². The molecule has 0 atom stereocenters. The zero-order chi connectivity index (χ0) is 12.1. The number of hydrogen-bond donors (Lipinski definition) is 1. The Balaban J connectivity index is 2.94. The van der Waals surface area contributed by atoms with Gasteiger partial charge in [-0.1, -0.05) is 6.08 Å². The molecule has 1 rings (SSSR count). The molecule has 86 valence electrons. The van der Waals surface area contributed by atoms with Crippen LogP contribution in [0.4, 0.5) is 10.1 Å². The maximum absolute atomic E-state index is 12.9. The number of nitrogen functional groups attached to an aromatic ring is 1. The standard InChI is InChI=1S/C12H15FN2O/c1-3-7-15(4-2)12(16)9-5-6-10(13)11(14)8-9/h3,5-6,8H,1,4,7,14H2,2H3. The van der Waals surface area contributed by atoms with E-state index in [0.29, 0.717) is 18.7 Å². The zero-order valence-corrected chi connectivity index (χ0v) is 9.24. The first-order chi connectivity index (χ1) is 7.60. The minimum atomic E-state index is -0.511. The Morgan fingerprint density at radius 2 is 2.31 bits per heavy atom.